The summed E-state index contributed by atoms with van der Waals surface area (Å²) in [5.74, 6) is 0.831. The number of hydrogen-bond acceptors (Lipinski definition) is 5. The van der Waals surface area contributed by atoms with Crippen molar-refractivity contribution in [2.24, 2.45) is 10.7 Å². The number of aryl methyl sites for hydroxylation is 1. The van der Waals surface area contributed by atoms with Gasteiger partial charge in [0, 0.05) is 23.8 Å². The number of aromatic nitrogens is 3. The van der Waals surface area contributed by atoms with Crippen molar-refractivity contribution in [1.82, 2.24) is 15.0 Å². The van der Waals surface area contributed by atoms with E-state index in [1.54, 1.807) is 19.3 Å². The first-order chi connectivity index (χ1) is 15.9. The number of aliphatic imine (C=N–C) groups is 1. The maximum absolute atomic E-state index is 12.8. The van der Waals surface area contributed by atoms with Gasteiger partial charge in [-0.05, 0) is 48.7 Å². The molecular weight excluding hydrogens is 440 g/mol. The smallest absolute Gasteiger partial charge is 0.261 e. The number of aliphatic hydroxyl groups excluding tert-OH is 1. The van der Waals surface area contributed by atoms with Crippen molar-refractivity contribution in [3.8, 4) is 11.4 Å². The van der Waals surface area contributed by atoms with Gasteiger partial charge in [-0.2, -0.15) is 0 Å². The molecule has 4 rings (SSSR count). The van der Waals surface area contributed by atoms with Gasteiger partial charge in [0.2, 0.25) is 0 Å². The van der Waals surface area contributed by atoms with Crippen LogP contribution in [0.15, 0.2) is 58.4 Å². The van der Waals surface area contributed by atoms with Gasteiger partial charge in [-0.3, -0.25) is 9.79 Å². The lowest BCUT2D eigenvalue weighted by atomic mass is 10.1. The van der Waals surface area contributed by atoms with Crippen LogP contribution in [-0.4, -0.2) is 45.6 Å². The van der Waals surface area contributed by atoms with Crippen molar-refractivity contribution in [2.45, 2.75) is 19.4 Å². The van der Waals surface area contributed by atoms with E-state index in [4.69, 9.17) is 17.3 Å². The van der Waals surface area contributed by atoms with E-state index in [0.29, 0.717) is 34.4 Å². The number of aliphatic hydroxyl groups is 1. The van der Waals surface area contributed by atoms with Gasteiger partial charge >= 0.3 is 0 Å². The Labute approximate surface area is 195 Å². The molecule has 33 heavy (non-hydrogen) atoms. The van der Waals surface area contributed by atoms with Crippen molar-refractivity contribution in [3.05, 3.63) is 80.7 Å². The molecule has 8 nitrogen and oxygen atoms in total. The van der Waals surface area contributed by atoms with Gasteiger partial charge in [0.15, 0.2) is 0 Å². The fourth-order valence-electron chi connectivity index (χ4n) is 3.83. The fraction of sp³-hybridized carbons (Fsp3) is 0.208. The number of nitrogens with zero attached hydrogens (tertiary/aromatic N) is 2. The third kappa shape index (κ3) is 4.62. The maximum Gasteiger partial charge on any atom is 0.261 e. The largest absolute Gasteiger partial charge is 0.394 e. The normalized spacial score (nSPS) is 12.8. The predicted molar refractivity (Wildman–Crippen MR) is 133 cm³/mol. The number of anilines is 1. The molecule has 2 heterocycles. The van der Waals surface area contributed by atoms with Crippen LogP contribution in [0.1, 0.15) is 16.7 Å². The molecule has 0 aliphatic heterocycles. The van der Waals surface area contributed by atoms with Crippen LogP contribution in [0.5, 0.6) is 0 Å². The molecule has 0 unspecified atom stereocenters. The summed E-state index contributed by atoms with van der Waals surface area (Å²) in [5.41, 5.74) is 10.7. The zero-order valence-electron chi connectivity index (χ0n) is 18.3. The van der Waals surface area contributed by atoms with Gasteiger partial charge in [0.25, 0.3) is 5.56 Å². The molecule has 0 amide bonds. The highest BCUT2D eigenvalue weighted by molar-refractivity contribution is 6.31. The number of imidazole rings is 1. The molecule has 0 saturated carbocycles. The van der Waals surface area contributed by atoms with E-state index < -0.39 is 0 Å². The van der Waals surface area contributed by atoms with E-state index in [1.807, 2.05) is 43.3 Å². The molecule has 6 N–H and O–H groups in total. The van der Waals surface area contributed by atoms with E-state index in [0.717, 1.165) is 27.7 Å². The fourth-order valence-corrected chi connectivity index (χ4v) is 4.04. The standard InChI is InChI=1S/C24H25ClN6O2/c1-13-9-15(22(26)27-2)11-19-21(13)31-23(30-19)20-18(7-8-28-24(20)33)29-16(12-32)10-14-5-3-4-6-17(14)25/h3-9,11,16,32H,10,12H2,1-2H3,(H2,26,27)(H,30,31)(H2,28,29,33)/t16-/m0/s1. The first-order valence-electron chi connectivity index (χ1n) is 10.5. The molecule has 0 fully saturated rings. The lowest BCUT2D eigenvalue weighted by Gasteiger charge is -2.19. The Balaban J connectivity index is 1.74. The van der Waals surface area contributed by atoms with Crippen LogP contribution in [0, 0.1) is 6.92 Å². The molecule has 4 aromatic rings. The summed E-state index contributed by atoms with van der Waals surface area (Å²) in [7, 11) is 1.63. The number of H-pyrrole nitrogens is 2. The number of benzene rings is 2. The van der Waals surface area contributed by atoms with E-state index in [9.17, 15) is 9.90 Å². The van der Waals surface area contributed by atoms with Crippen molar-refractivity contribution in [1.29, 1.82) is 0 Å². The molecule has 0 saturated heterocycles. The Hall–Kier alpha value is -3.62. The van der Waals surface area contributed by atoms with Crippen molar-refractivity contribution < 1.29 is 5.11 Å². The first kappa shape index (κ1) is 22.6. The number of halogens is 1. The highest BCUT2D eigenvalue weighted by Gasteiger charge is 2.19. The summed E-state index contributed by atoms with van der Waals surface area (Å²) < 4.78 is 0. The molecule has 2 aromatic carbocycles. The molecular formula is C24H25ClN6O2. The van der Waals surface area contributed by atoms with Gasteiger partial charge in [0.1, 0.15) is 17.2 Å². The van der Waals surface area contributed by atoms with Crippen molar-refractivity contribution in [3.63, 3.8) is 0 Å². The van der Waals surface area contributed by atoms with Crippen LogP contribution in [0.3, 0.4) is 0 Å². The molecule has 0 aliphatic carbocycles. The Morgan fingerprint density at radius 1 is 1.30 bits per heavy atom. The van der Waals surface area contributed by atoms with E-state index in [2.05, 4.69) is 25.3 Å². The summed E-state index contributed by atoms with van der Waals surface area (Å²) in [6.45, 7) is 1.79. The summed E-state index contributed by atoms with van der Waals surface area (Å²) >= 11 is 6.29. The van der Waals surface area contributed by atoms with Gasteiger partial charge in [-0.25, -0.2) is 4.98 Å². The minimum absolute atomic E-state index is 0.143. The number of nitrogens with two attached hydrogens (primary N) is 1. The van der Waals surface area contributed by atoms with Crippen LogP contribution in [0.4, 0.5) is 5.69 Å². The van der Waals surface area contributed by atoms with Gasteiger partial charge in [-0.1, -0.05) is 29.8 Å². The molecule has 170 valence electrons. The number of hydrogen-bond donors (Lipinski definition) is 5. The minimum atomic E-state index is -0.358. The summed E-state index contributed by atoms with van der Waals surface area (Å²) in [6, 6.07) is 12.6. The number of aromatic amines is 2. The molecule has 0 aliphatic rings. The second-order valence-corrected chi connectivity index (χ2v) is 8.21. The topological polar surface area (TPSA) is 132 Å². The van der Waals surface area contributed by atoms with E-state index in [1.165, 1.54) is 0 Å². The first-order valence-corrected chi connectivity index (χ1v) is 10.8. The number of pyridine rings is 1. The van der Waals surface area contributed by atoms with Crippen molar-refractivity contribution >= 4 is 34.2 Å². The van der Waals surface area contributed by atoms with Crippen LogP contribution >= 0.6 is 11.6 Å². The van der Waals surface area contributed by atoms with Crippen LogP contribution in [0.25, 0.3) is 22.4 Å². The summed E-state index contributed by atoms with van der Waals surface area (Å²) in [5, 5.41) is 13.9. The maximum atomic E-state index is 12.8. The van der Waals surface area contributed by atoms with Crippen LogP contribution in [0.2, 0.25) is 5.02 Å². The minimum Gasteiger partial charge on any atom is -0.394 e. The molecule has 9 heteroatoms. The van der Waals surface area contributed by atoms with Gasteiger partial charge in [0.05, 0.1) is 29.4 Å². The molecule has 0 bridgehead atoms. The Morgan fingerprint density at radius 3 is 2.82 bits per heavy atom. The van der Waals surface area contributed by atoms with E-state index >= 15 is 0 Å². The highest BCUT2D eigenvalue weighted by Crippen LogP contribution is 2.27. The second kappa shape index (κ2) is 9.48. The lowest BCUT2D eigenvalue weighted by molar-refractivity contribution is 0.274. The Bertz CT molecular complexity index is 1390. The number of nitrogens with one attached hydrogen (secondary N) is 3. The Kier molecular flexibility index (Phi) is 6.48. The van der Waals surface area contributed by atoms with Crippen molar-refractivity contribution in [2.75, 3.05) is 19.0 Å². The SMILES string of the molecule is C/N=C(\N)c1cc(C)c2nc(-c3c(N[C@H](CO)Cc4ccccc4Cl)cc[nH]c3=O)[nH]c2c1. The number of fused-ring (bicyclic) bond motifs is 1. The summed E-state index contributed by atoms with van der Waals surface area (Å²) in [4.78, 5) is 27.5. The second-order valence-electron chi connectivity index (χ2n) is 7.80. The Morgan fingerprint density at radius 2 is 2.09 bits per heavy atom. The molecule has 1 atom stereocenters. The quantitative estimate of drug-likeness (QED) is 0.211. The van der Waals surface area contributed by atoms with Gasteiger partial charge < -0.3 is 26.1 Å². The van der Waals surface area contributed by atoms with E-state index in [-0.39, 0.29) is 18.2 Å². The summed E-state index contributed by atoms with van der Waals surface area (Å²) in [6.07, 6.45) is 2.04. The average molecular weight is 465 g/mol. The predicted octanol–water partition coefficient (Wildman–Crippen LogP) is 3.23. The highest BCUT2D eigenvalue weighted by atomic mass is 35.5. The van der Waals surface area contributed by atoms with Crippen LogP contribution in [-0.2, 0) is 6.42 Å². The number of rotatable bonds is 7. The molecule has 0 radical (unpaired) electrons. The monoisotopic (exact) mass is 464 g/mol. The lowest BCUT2D eigenvalue weighted by Crippen LogP contribution is -2.28. The molecule has 0 spiro atoms. The third-order valence-corrected chi connectivity index (χ3v) is 5.88. The number of amidine groups is 1. The third-order valence-electron chi connectivity index (χ3n) is 5.52. The van der Waals surface area contributed by atoms with Gasteiger partial charge in [-0.15, -0.1) is 0 Å². The zero-order chi connectivity index (χ0) is 23.5. The van der Waals surface area contributed by atoms with Crippen LogP contribution < -0.4 is 16.6 Å². The average Bonchev–Trinajstić information content (AvgIpc) is 3.23. The zero-order valence-corrected chi connectivity index (χ0v) is 19.1. The molecule has 2 aromatic heterocycles.